The zero-order valence-corrected chi connectivity index (χ0v) is 20.0. The Kier molecular flexibility index (Phi) is 6.66. The zero-order valence-electron chi connectivity index (χ0n) is 20.0. The summed E-state index contributed by atoms with van der Waals surface area (Å²) in [7, 11) is 0. The lowest BCUT2D eigenvalue weighted by atomic mass is 9.73. The molecule has 2 aromatic heterocycles. The Morgan fingerprint density at radius 1 is 1.33 bits per heavy atom. The number of fused-ring (bicyclic) bond motifs is 1. The summed E-state index contributed by atoms with van der Waals surface area (Å²) in [5.41, 5.74) is 7.42. The summed E-state index contributed by atoms with van der Waals surface area (Å²) >= 11 is 0. The number of anilines is 1. The molecule has 33 heavy (non-hydrogen) atoms. The number of aliphatic hydroxyl groups is 1. The van der Waals surface area contributed by atoms with Crippen molar-refractivity contribution in [2.24, 2.45) is 11.3 Å². The molecule has 4 atom stereocenters. The number of nitrogens with two attached hydrogens (primary N) is 1. The van der Waals surface area contributed by atoms with Crippen LogP contribution in [0.25, 0.3) is 5.52 Å². The Labute approximate surface area is 194 Å². The molecule has 2 aromatic rings. The molecule has 3 N–H and O–H groups in total. The van der Waals surface area contributed by atoms with Crippen LogP contribution in [-0.2, 0) is 19.0 Å². The third-order valence-corrected chi connectivity index (χ3v) is 6.99. The Bertz CT molecular complexity index is 979. The highest BCUT2D eigenvalue weighted by molar-refractivity contribution is 5.70. The van der Waals surface area contributed by atoms with Crippen LogP contribution in [0.5, 0.6) is 0 Å². The summed E-state index contributed by atoms with van der Waals surface area (Å²) in [5, 5.41) is 14.7. The average molecular weight is 461 g/mol. The van der Waals surface area contributed by atoms with Gasteiger partial charge in [-0.05, 0) is 44.2 Å². The van der Waals surface area contributed by atoms with Gasteiger partial charge in [-0.1, -0.05) is 33.1 Å². The van der Waals surface area contributed by atoms with Gasteiger partial charge in [-0.3, -0.25) is 4.79 Å². The van der Waals surface area contributed by atoms with Gasteiger partial charge in [0.15, 0.2) is 11.6 Å². The Balaban J connectivity index is 1.49. The van der Waals surface area contributed by atoms with Crippen LogP contribution in [0.4, 0.5) is 5.82 Å². The van der Waals surface area contributed by atoms with E-state index >= 15 is 0 Å². The molecule has 4 rings (SSSR count). The number of esters is 1. The minimum Gasteiger partial charge on any atom is -0.463 e. The van der Waals surface area contributed by atoms with Crippen LogP contribution in [-0.4, -0.2) is 50.3 Å². The fourth-order valence-electron chi connectivity index (χ4n) is 5.15. The SMILES string of the molecule is C[C@H]1[C@@H](OC(C)(C)O)[C@H](c2ccc3c(N)ncnn23)O[C@@H]1COC(=O)CC1(C)CCCCC1. The maximum Gasteiger partial charge on any atom is 0.306 e. The van der Waals surface area contributed by atoms with Crippen molar-refractivity contribution in [1.29, 1.82) is 0 Å². The lowest BCUT2D eigenvalue weighted by molar-refractivity contribution is -0.221. The highest BCUT2D eigenvalue weighted by atomic mass is 16.7. The molecule has 1 saturated carbocycles. The van der Waals surface area contributed by atoms with E-state index in [-0.39, 0.29) is 30.0 Å². The Hall–Kier alpha value is -2.23. The molecule has 1 saturated heterocycles. The molecule has 1 aliphatic heterocycles. The fraction of sp³-hybridized carbons (Fsp3) is 0.708. The van der Waals surface area contributed by atoms with E-state index in [1.54, 1.807) is 18.4 Å². The van der Waals surface area contributed by atoms with Gasteiger partial charge in [-0.25, -0.2) is 9.50 Å². The molecule has 0 amide bonds. The van der Waals surface area contributed by atoms with Gasteiger partial charge >= 0.3 is 5.97 Å². The quantitative estimate of drug-likeness (QED) is 0.476. The van der Waals surface area contributed by atoms with Gasteiger partial charge in [-0.15, -0.1) is 0 Å². The highest BCUT2D eigenvalue weighted by Crippen LogP contribution is 2.42. The molecule has 0 aromatic carbocycles. The summed E-state index contributed by atoms with van der Waals surface area (Å²) in [6.45, 7) is 7.47. The molecule has 2 fully saturated rings. The molecular weight excluding hydrogens is 424 g/mol. The average Bonchev–Trinajstić information content (AvgIpc) is 3.28. The number of aromatic nitrogens is 3. The van der Waals surface area contributed by atoms with Crippen molar-refractivity contribution in [2.75, 3.05) is 12.3 Å². The Morgan fingerprint density at radius 2 is 2.06 bits per heavy atom. The van der Waals surface area contributed by atoms with E-state index in [0.29, 0.717) is 17.8 Å². The van der Waals surface area contributed by atoms with E-state index in [0.717, 1.165) is 18.5 Å². The predicted molar refractivity (Wildman–Crippen MR) is 122 cm³/mol. The number of hydrogen-bond donors (Lipinski definition) is 2. The summed E-state index contributed by atoms with van der Waals surface area (Å²) in [6.07, 6.45) is 6.15. The lowest BCUT2D eigenvalue weighted by Crippen LogP contribution is -2.36. The molecule has 2 aliphatic rings. The normalized spacial score (nSPS) is 27.7. The van der Waals surface area contributed by atoms with Gasteiger partial charge in [0.25, 0.3) is 0 Å². The molecule has 0 radical (unpaired) electrons. The number of carbonyl (C=O) groups excluding carboxylic acids is 1. The standard InChI is InChI=1S/C24H36N4O5/c1-15-18(13-31-19(29)12-24(4)10-6-5-7-11-24)32-21(20(15)33-23(2,3)30)16-8-9-17-22(25)26-14-27-28(16)17/h8-9,14-15,18,20-21,30H,5-7,10-13H2,1-4H3,(H2,25,26,27)/t15-,18-,20-,21+/m1/s1. The maximum atomic E-state index is 12.6. The number of ether oxygens (including phenoxy) is 3. The second kappa shape index (κ2) is 9.19. The molecule has 9 heteroatoms. The van der Waals surface area contributed by atoms with Crippen molar-refractivity contribution in [1.82, 2.24) is 14.6 Å². The molecule has 0 unspecified atom stereocenters. The monoisotopic (exact) mass is 460 g/mol. The Morgan fingerprint density at radius 3 is 2.76 bits per heavy atom. The number of rotatable bonds is 7. The largest absolute Gasteiger partial charge is 0.463 e. The van der Waals surface area contributed by atoms with Gasteiger partial charge in [-0.2, -0.15) is 5.10 Å². The first-order valence-electron chi connectivity index (χ1n) is 11.9. The third kappa shape index (κ3) is 5.31. The first kappa shape index (κ1) is 23.9. The molecule has 9 nitrogen and oxygen atoms in total. The van der Waals surface area contributed by atoms with Crippen LogP contribution in [0, 0.1) is 11.3 Å². The summed E-state index contributed by atoms with van der Waals surface area (Å²) in [4.78, 5) is 16.7. The van der Waals surface area contributed by atoms with Crippen molar-refractivity contribution in [3.63, 3.8) is 0 Å². The topological polar surface area (TPSA) is 121 Å². The lowest BCUT2D eigenvalue weighted by Gasteiger charge is -2.32. The number of carbonyl (C=O) groups is 1. The molecule has 3 heterocycles. The van der Waals surface area contributed by atoms with Crippen LogP contribution < -0.4 is 5.73 Å². The molecule has 1 aliphatic carbocycles. The molecule has 182 valence electrons. The van der Waals surface area contributed by atoms with Gasteiger partial charge in [0.2, 0.25) is 0 Å². The number of nitrogen functional groups attached to an aromatic ring is 1. The van der Waals surface area contributed by atoms with E-state index in [4.69, 9.17) is 19.9 Å². The van der Waals surface area contributed by atoms with E-state index in [1.165, 1.54) is 25.6 Å². The minimum atomic E-state index is -1.36. The maximum absolute atomic E-state index is 12.6. The third-order valence-electron chi connectivity index (χ3n) is 6.99. The zero-order chi connectivity index (χ0) is 23.8. The number of nitrogens with zero attached hydrogens (tertiary/aromatic N) is 3. The van der Waals surface area contributed by atoms with Crippen molar-refractivity contribution < 1.29 is 24.1 Å². The van der Waals surface area contributed by atoms with E-state index in [2.05, 4.69) is 17.0 Å². The second-order valence-corrected chi connectivity index (χ2v) is 10.4. The first-order valence-corrected chi connectivity index (χ1v) is 11.9. The van der Waals surface area contributed by atoms with Crippen LogP contribution in [0.15, 0.2) is 18.5 Å². The van der Waals surface area contributed by atoms with Gasteiger partial charge < -0.3 is 25.1 Å². The van der Waals surface area contributed by atoms with Gasteiger partial charge in [0.1, 0.15) is 24.6 Å². The van der Waals surface area contributed by atoms with Crippen LogP contribution >= 0.6 is 0 Å². The number of hydrogen-bond acceptors (Lipinski definition) is 8. The predicted octanol–water partition coefficient (Wildman–Crippen LogP) is 3.40. The van der Waals surface area contributed by atoms with Crippen LogP contribution in [0.2, 0.25) is 0 Å². The van der Waals surface area contributed by atoms with Gasteiger partial charge in [0, 0.05) is 5.92 Å². The van der Waals surface area contributed by atoms with Crippen LogP contribution in [0.3, 0.4) is 0 Å². The summed E-state index contributed by atoms with van der Waals surface area (Å²) in [6, 6.07) is 3.70. The first-order chi connectivity index (χ1) is 15.6. The van der Waals surface area contributed by atoms with Crippen molar-refractivity contribution in [3.05, 3.63) is 24.2 Å². The van der Waals surface area contributed by atoms with Gasteiger partial charge in [0.05, 0.1) is 24.3 Å². The smallest absolute Gasteiger partial charge is 0.306 e. The van der Waals surface area contributed by atoms with Crippen LogP contribution in [0.1, 0.15) is 78.0 Å². The minimum absolute atomic E-state index is 0.0249. The van der Waals surface area contributed by atoms with Crippen molar-refractivity contribution in [3.8, 4) is 0 Å². The summed E-state index contributed by atoms with van der Waals surface area (Å²) in [5.74, 6) is -1.32. The second-order valence-electron chi connectivity index (χ2n) is 10.4. The van der Waals surface area contributed by atoms with Crippen molar-refractivity contribution in [2.45, 2.75) is 90.3 Å². The van der Waals surface area contributed by atoms with E-state index in [9.17, 15) is 9.90 Å². The summed E-state index contributed by atoms with van der Waals surface area (Å²) < 4.78 is 19.7. The highest BCUT2D eigenvalue weighted by Gasteiger charge is 2.47. The van der Waals surface area contributed by atoms with E-state index < -0.39 is 18.0 Å². The fourth-order valence-corrected chi connectivity index (χ4v) is 5.15. The van der Waals surface area contributed by atoms with Crippen molar-refractivity contribution >= 4 is 17.3 Å². The van der Waals surface area contributed by atoms with E-state index in [1.807, 2.05) is 19.1 Å². The molecular formula is C24H36N4O5. The molecule has 0 spiro atoms. The molecule has 0 bridgehead atoms.